The van der Waals surface area contributed by atoms with E-state index in [1.807, 2.05) is 26.8 Å². The lowest BCUT2D eigenvalue weighted by molar-refractivity contribution is -0.125. The second-order valence-corrected chi connectivity index (χ2v) is 11.6. The minimum absolute atomic E-state index is 0.145. The zero-order valence-corrected chi connectivity index (χ0v) is 22.1. The molecule has 194 valence electrons. The molecule has 4 rings (SSSR count). The van der Waals surface area contributed by atoms with Crippen molar-refractivity contribution < 1.29 is 14.0 Å². The van der Waals surface area contributed by atoms with Gasteiger partial charge in [0.25, 0.3) is 5.91 Å². The first kappa shape index (κ1) is 26.4. The van der Waals surface area contributed by atoms with Crippen LogP contribution in [-0.4, -0.2) is 34.2 Å². The Hall–Kier alpha value is -2.67. The van der Waals surface area contributed by atoms with E-state index < -0.39 is 23.2 Å². The highest BCUT2D eigenvalue weighted by Crippen LogP contribution is 2.29. The van der Waals surface area contributed by atoms with Crippen LogP contribution < -0.4 is 10.6 Å². The number of nitrogens with zero attached hydrogens (tertiary/aromatic N) is 2. The Balaban J connectivity index is 1.54. The standard InChI is InChI=1S/C28H36ClFN4O2/c1-28(2,3)25(27(36)31-16-19-11-7-12-20(29)15-19)32-26(35)23-21-13-8-14-22(30)24(21)34(33-23)17-18-9-5-4-6-10-18/h8,11,13-15,18,25H,4-7,9-10,12,16-17H2,1-3H3,(H,31,36)(H,32,35)/t25-/m1/s1. The SMILES string of the molecule is CC(C)(C)[C@H](NC(=O)c1nn(CC2CCCCC2)c2c(F)cccc12)C(=O)NCC1=CCCC(Cl)=C1. The fraction of sp³-hybridized carbons (Fsp3) is 0.536. The van der Waals surface area contributed by atoms with Crippen LogP contribution in [0.5, 0.6) is 0 Å². The Morgan fingerprint density at radius 2 is 1.97 bits per heavy atom. The Morgan fingerprint density at radius 1 is 1.22 bits per heavy atom. The van der Waals surface area contributed by atoms with Crippen molar-refractivity contribution in [3.63, 3.8) is 0 Å². The lowest BCUT2D eigenvalue weighted by atomic mass is 9.86. The molecule has 6 nitrogen and oxygen atoms in total. The first-order chi connectivity index (χ1) is 17.1. The number of rotatable bonds is 7. The van der Waals surface area contributed by atoms with Crippen molar-refractivity contribution in [3.8, 4) is 0 Å². The molecular weight excluding hydrogens is 479 g/mol. The molecule has 1 atom stereocenters. The van der Waals surface area contributed by atoms with Gasteiger partial charge in [-0.2, -0.15) is 5.10 Å². The Labute approximate surface area is 217 Å². The van der Waals surface area contributed by atoms with Gasteiger partial charge in [-0.1, -0.05) is 69.8 Å². The van der Waals surface area contributed by atoms with E-state index in [4.69, 9.17) is 11.6 Å². The fourth-order valence-corrected chi connectivity index (χ4v) is 5.37. The molecule has 2 aliphatic carbocycles. The number of amides is 2. The molecule has 2 aromatic rings. The van der Waals surface area contributed by atoms with Crippen LogP contribution in [0.3, 0.4) is 0 Å². The molecule has 8 heteroatoms. The second-order valence-electron chi connectivity index (χ2n) is 11.1. The number of benzene rings is 1. The maximum absolute atomic E-state index is 14.9. The van der Waals surface area contributed by atoms with Crippen LogP contribution in [0.15, 0.2) is 41.0 Å². The molecule has 2 amide bonds. The van der Waals surface area contributed by atoms with E-state index in [-0.39, 0.29) is 11.6 Å². The van der Waals surface area contributed by atoms with Crippen LogP contribution in [0.2, 0.25) is 0 Å². The molecule has 0 radical (unpaired) electrons. The average molecular weight is 515 g/mol. The maximum atomic E-state index is 14.9. The van der Waals surface area contributed by atoms with E-state index in [1.54, 1.807) is 16.8 Å². The second kappa shape index (κ2) is 11.2. The Kier molecular flexibility index (Phi) is 8.18. The van der Waals surface area contributed by atoms with Gasteiger partial charge in [0.1, 0.15) is 17.4 Å². The molecule has 0 saturated heterocycles. The molecule has 0 bridgehead atoms. The highest BCUT2D eigenvalue weighted by Gasteiger charge is 2.34. The molecule has 2 aliphatic rings. The Bertz CT molecular complexity index is 1190. The number of hydrogen-bond donors (Lipinski definition) is 2. The minimum atomic E-state index is -0.805. The van der Waals surface area contributed by atoms with Crippen molar-refractivity contribution >= 4 is 34.3 Å². The van der Waals surface area contributed by atoms with E-state index in [2.05, 4.69) is 21.8 Å². The van der Waals surface area contributed by atoms with Gasteiger partial charge in [-0.3, -0.25) is 14.3 Å². The molecule has 1 fully saturated rings. The quantitative estimate of drug-likeness (QED) is 0.486. The van der Waals surface area contributed by atoms with Crippen molar-refractivity contribution in [1.29, 1.82) is 0 Å². The first-order valence-electron chi connectivity index (χ1n) is 12.9. The van der Waals surface area contributed by atoms with Crippen LogP contribution >= 0.6 is 11.6 Å². The van der Waals surface area contributed by atoms with Crippen molar-refractivity contribution in [2.45, 2.75) is 78.3 Å². The van der Waals surface area contributed by atoms with Gasteiger partial charge >= 0.3 is 0 Å². The largest absolute Gasteiger partial charge is 0.350 e. The number of hydrogen-bond acceptors (Lipinski definition) is 3. The summed E-state index contributed by atoms with van der Waals surface area (Å²) in [7, 11) is 0. The molecule has 0 unspecified atom stereocenters. The van der Waals surface area contributed by atoms with Crippen LogP contribution in [0.4, 0.5) is 4.39 Å². The maximum Gasteiger partial charge on any atom is 0.273 e. The summed E-state index contributed by atoms with van der Waals surface area (Å²) < 4.78 is 16.5. The van der Waals surface area contributed by atoms with Crippen molar-refractivity contribution in [2.75, 3.05) is 6.54 Å². The smallest absolute Gasteiger partial charge is 0.273 e. The molecular formula is C28H36ClFN4O2. The number of carbonyl (C=O) groups excluding carboxylic acids is 2. The summed E-state index contributed by atoms with van der Waals surface area (Å²) >= 11 is 6.14. The van der Waals surface area contributed by atoms with E-state index >= 15 is 0 Å². The highest BCUT2D eigenvalue weighted by molar-refractivity contribution is 6.29. The number of nitrogens with one attached hydrogen (secondary N) is 2. The van der Waals surface area contributed by atoms with E-state index in [0.717, 1.165) is 36.3 Å². The summed E-state index contributed by atoms with van der Waals surface area (Å²) in [5, 5.41) is 11.6. The third-order valence-corrected chi connectivity index (χ3v) is 7.39. The van der Waals surface area contributed by atoms with Gasteiger partial charge in [0.05, 0.1) is 0 Å². The first-order valence-corrected chi connectivity index (χ1v) is 13.3. The zero-order chi connectivity index (χ0) is 25.9. The summed E-state index contributed by atoms with van der Waals surface area (Å²) in [4.78, 5) is 26.6. The van der Waals surface area contributed by atoms with Gasteiger partial charge in [0.2, 0.25) is 5.91 Å². The number of fused-ring (bicyclic) bond motifs is 1. The number of carbonyl (C=O) groups is 2. The summed E-state index contributed by atoms with van der Waals surface area (Å²) in [6, 6.07) is 3.90. The topological polar surface area (TPSA) is 76.0 Å². The molecule has 0 aliphatic heterocycles. The predicted molar refractivity (Wildman–Crippen MR) is 141 cm³/mol. The molecule has 0 spiro atoms. The van der Waals surface area contributed by atoms with Gasteiger partial charge in [-0.05, 0) is 54.7 Å². The van der Waals surface area contributed by atoms with Gasteiger partial charge < -0.3 is 10.6 Å². The fourth-order valence-electron chi connectivity index (χ4n) is 5.12. The Morgan fingerprint density at radius 3 is 2.67 bits per heavy atom. The van der Waals surface area contributed by atoms with Crippen LogP contribution in [0.25, 0.3) is 10.9 Å². The van der Waals surface area contributed by atoms with Crippen molar-refractivity contribution in [1.82, 2.24) is 20.4 Å². The minimum Gasteiger partial charge on any atom is -0.350 e. The lowest BCUT2D eigenvalue weighted by Crippen LogP contribution is -2.54. The highest BCUT2D eigenvalue weighted by atomic mass is 35.5. The average Bonchev–Trinajstić information content (AvgIpc) is 3.20. The number of para-hydroxylation sites is 1. The summed E-state index contributed by atoms with van der Waals surface area (Å²) in [6.07, 6.45) is 11.3. The number of allylic oxidation sites excluding steroid dienone is 2. The molecule has 1 saturated carbocycles. The van der Waals surface area contributed by atoms with E-state index in [1.165, 1.54) is 25.3 Å². The van der Waals surface area contributed by atoms with Gasteiger partial charge in [0, 0.05) is 23.5 Å². The van der Waals surface area contributed by atoms with E-state index in [9.17, 15) is 14.0 Å². The normalized spacial score (nSPS) is 17.9. The molecule has 1 heterocycles. The third-order valence-electron chi connectivity index (χ3n) is 7.09. The summed E-state index contributed by atoms with van der Waals surface area (Å²) in [5.74, 6) is -0.749. The van der Waals surface area contributed by atoms with E-state index in [0.29, 0.717) is 29.9 Å². The predicted octanol–water partition coefficient (Wildman–Crippen LogP) is 5.86. The van der Waals surface area contributed by atoms with Gasteiger partial charge in [-0.15, -0.1) is 0 Å². The van der Waals surface area contributed by atoms with Gasteiger partial charge in [-0.25, -0.2) is 4.39 Å². The molecule has 1 aromatic heterocycles. The lowest BCUT2D eigenvalue weighted by Gasteiger charge is -2.30. The van der Waals surface area contributed by atoms with Gasteiger partial charge in [0.15, 0.2) is 5.69 Å². The number of halogens is 2. The van der Waals surface area contributed by atoms with Crippen molar-refractivity contribution in [2.24, 2.45) is 11.3 Å². The molecule has 36 heavy (non-hydrogen) atoms. The summed E-state index contributed by atoms with van der Waals surface area (Å²) in [5.41, 5.74) is 0.881. The number of aromatic nitrogens is 2. The van der Waals surface area contributed by atoms with Crippen LogP contribution in [-0.2, 0) is 11.3 Å². The summed E-state index contributed by atoms with van der Waals surface area (Å²) in [6.45, 7) is 6.61. The monoisotopic (exact) mass is 514 g/mol. The zero-order valence-electron chi connectivity index (χ0n) is 21.4. The van der Waals surface area contributed by atoms with Crippen molar-refractivity contribution in [3.05, 3.63) is 52.5 Å². The third kappa shape index (κ3) is 6.17. The molecule has 2 N–H and O–H groups in total. The van der Waals surface area contributed by atoms with Crippen LogP contribution in [0, 0.1) is 17.2 Å². The van der Waals surface area contributed by atoms with Crippen LogP contribution in [0.1, 0.15) is 76.2 Å². The molecule has 1 aromatic carbocycles.